The van der Waals surface area contributed by atoms with Crippen LogP contribution in [0, 0.1) is 6.92 Å². The van der Waals surface area contributed by atoms with Gasteiger partial charge in [0.1, 0.15) is 0 Å². The van der Waals surface area contributed by atoms with Crippen LogP contribution in [0.5, 0.6) is 0 Å². The molecule has 1 aliphatic heterocycles. The average molecular weight is 361 g/mol. The molecule has 1 N–H and O–H groups in total. The minimum atomic E-state index is -2.99. The molecule has 0 aliphatic carbocycles. The van der Waals surface area contributed by atoms with E-state index in [0.29, 0.717) is 12.1 Å². The number of benzene rings is 1. The van der Waals surface area contributed by atoms with Crippen molar-refractivity contribution in [2.45, 2.75) is 19.4 Å². The largest absolute Gasteiger partial charge is 0.324 e. The van der Waals surface area contributed by atoms with Gasteiger partial charge in [0, 0.05) is 17.6 Å². The van der Waals surface area contributed by atoms with E-state index in [9.17, 15) is 13.2 Å². The summed E-state index contributed by atoms with van der Waals surface area (Å²) in [6.07, 6.45) is 0.501. The number of nitrogens with one attached hydrogen (secondary N) is 1. The zero-order valence-corrected chi connectivity index (χ0v) is 13.8. The lowest BCUT2D eigenvalue weighted by atomic mass is 10.2. The van der Waals surface area contributed by atoms with Crippen molar-refractivity contribution in [2.75, 3.05) is 23.9 Å². The smallest absolute Gasteiger partial charge is 0.321 e. The van der Waals surface area contributed by atoms with E-state index in [-0.39, 0.29) is 23.6 Å². The molecule has 1 fully saturated rings. The maximum atomic E-state index is 12.1. The summed E-state index contributed by atoms with van der Waals surface area (Å²) in [6, 6.07) is 5.09. The Balaban J connectivity index is 2.05. The molecule has 0 bridgehead atoms. The van der Waals surface area contributed by atoms with Crippen LogP contribution in [0.25, 0.3) is 0 Å². The highest BCUT2D eigenvalue weighted by molar-refractivity contribution is 9.10. The summed E-state index contributed by atoms with van der Waals surface area (Å²) < 4.78 is 23.7. The number of aryl methyl sites for hydroxylation is 1. The molecule has 1 saturated heterocycles. The van der Waals surface area contributed by atoms with Gasteiger partial charge in [0.15, 0.2) is 9.84 Å². The molecule has 0 spiro atoms. The first-order valence-electron chi connectivity index (χ1n) is 6.29. The Hall–Kier alpha value is -1.08. The van der Waals surface area contributed by atoms with Crippen LogP contribution in [-0.2, 0) is 9.84 Å². The normalized spacial score (nSPS) is 20.6. The van der Waals surface area contributed by atoms with E-state index in [2.05, 4.69) is 21.2 Å². The van der Waals surface area contributed by atoms with Gasteiger partial charge in [0.05, 0.1) is 17.2 Å². The van der Waals surface area contributed by atoms with Crippen LogP contribution in [0.1, 0.15) is 12.0 Å². The molecule has 1 atom stereocenters. The summed E-state index contributed by atoms with van der Waals surface area (Å²) in [5.41, 5.74) is 1.76. The van der Waals surface area contributed by atoms with Crippen LogP contribution in [0.15, 0.2) is 22.7 Å². The summed E-state index contributed by atoms with van der Waals surface area (Å²) in [5, 5.41) is 2.79. The van der Waals surface area contributed by atoms with Crippen LogP contribution in [0.4, 0.5) is 10.5 Å². The van der Waals surface area contributed by atoms with Gasteiger partial charge in [-0.2, -0.15) is 0 Å². The molecule has 2 amide bonds. The highest BCUT2D eigenvalue weighted by atomic mass is 79.9. The van der Waals surface area contributed by atoms with Crippen LogP contribution >= 0.6 is 15.9 Å². The van der Waals surface area contributed by atoms with Crippen molar-refractivity contribution in [2.24, 2.45) is 0 Å². The minimum absolute atomic E-state index is 0.0476. The summed E-state index contributed by atoms with van der Waals surface area (Å²) in [7, 11) is -1.36. The predicted octanol–water partition coefficient (Wildman–Crippen LogP) is 2.41. The first-order valence-corrected chi connectivity index (χ1v) is 8.90. The van der Waals surface area contributed by atoms with Crippen LogP contribution < -0.4 is 5.32 Å². The maximum absolute atomic E-state index is 12.1. The highest BCUT2D eigenvalue weighted by Gasteiger charge is 2.32. The molecule has 1 aliphatic rings. The first kappa shape index (κ1) is 15.3. The van der Waals surface area contributed by atoms with Crippen molar-refractivity contribution in [1.29, 1.82) is 0 Å². The number of rotatable bonds is 2. The highest BCUT2D eigenvalue weighted by Crippen LogP contribution is 2.24. The van der Waals surface area contributed by atoms with E-state index >= 15 is 0 Å². The zero-order valence-electron chi connectivity index (χ0n) is 11.4. The van der Waals surface area contributed by atoms with Crippen LogP contribution in [-0.4, -0.2) is 43.9 Å². The number of halogens is 1. The molecular formula is C13H17BrN2O3S. The average Bonchev–Trinajstić information content (AvgIpc) is 2.72. The molecule has 7 heteroatoms. The summed E-state index contributed by atoms with van der Waals surface area (Å²) >= 11 is 3.40. The lowest BCUT2D eigenvalue weighted by Crippen LogP contribution is -2.40. The second kappa shape index (κ2) is 5.73. The van der Waals surface area contributed by atoms with E-state index in [1.807, 2.05) is 25.1 Å². The molecule has 2 rings (SSSR count). The molecule has 0 aromatic heterocycles. The molecule has 1 aromatic rings. The number of amides is 2. The maximum Gasteiger partial charge on any atom is 0.321 e. The van der Waals surface area contributed by atoms with Gasteiger partial charge in [-0.05, 0) is 47.0 Å². The third kappa shape index (κ3) is 3.52. The van der Waals surface area contributed by atoms with Crippen molar-refractivity contribution in [3.8, 4) is 0 Å². The Kier molecular flexibility index (Phi) is 4.39. The monoisotopic (exact) mass is 360 g/mol. The number of hydrogen-bond donors (Lipinski definition) is 1. The Morgan fingerprint density at radius 3 is 2.70 bits per heavy atom. The summed E-state index contributed by atoms with van der Waals surface area (Å²) in [6.45, 7) is 1.96. The van der Waals surface area contributed by atoms with E-state index in [4.69, 9.17) is 0 Å². The lowest BCUT2D eigenvalue weighted by Gasteiger charge is -2.24. The molecule has 110 valence electrons. The van der Waals surface area contributed by atoms with E-state index in [1.54, 1.807) is 7.05 Å². The number of carbonyl (C=O) groups is 1. The van der Waals surface area contributed by atoms with Crippen molar-refractivity contribution in [3.63, 3.8) is 0 Å². The fraction of sp³-hybridized carbons (Fsp3) is 0.462. The second-order valence-electron chi connectivity index (χ2n) is 5.08. The van der Waals surface area contributed by atoms with Gasteiger partial charge < -0.3 is 10.2 Å². The minimum Gasteiger partial charge on any atom is -0.324 e. The zero-order chi connectivity index (χ0) is 14.9. The molecule has 1 aromatic carbocycles. The second-order valence-corrected chi connectivity index (χ2v) is 8.16. The topological polar surface area (TPSA) is 66.5 Å². The van der Waals surface area contributed by atoms with Gasteiger partial charge in [0.25, 0.3) is 0 Å². The van der Waals surface area contributed by atoms with Crippen LogP contribution in [0.3, 0.4) is 0 Å². The Morgan fingerprint density at radius 1 is 1.45 bits per heavy atom. The molecule has 1 unspecified atom stereocenters. The van der Waals surface area contributed by atoms with Crippen LogP contribution in [0.2, 0.25) is 0 Å². The molecule has 1 heterocycles. The third-order valence-electron chi connectivity index (χ3n) is 3.44. The Bertz CT molecular complexity index is 631. The van der Waals surface area contributed by atoms with Gasteiger partial charge in [0.2, 0.25) is 0 Å². The van der Waals surface area contributed by atoms with Crippen molar-refractivity contribution in [3.05, 3.63) is 28.2 Å². The lowest BCUT2D eigenvalue weighted by molar-refractivity contribution is 0.209. The molecule has 0 saturated carbocycles. The standard InChI is InChI=1S/C13H17BrN2O3S/c1-9-3-4-12(11(14)7-9)15-13(17)16(2)10-5-6-20(18,19)8-10/h3-4,7,10H,5-6,8H2,1-2H3,(H,15,17). The molecule has 0 radical (unpaired) electrons. The Morgan fingerprint density at radius 2 is 2.15 bits per heavy atom. The van der Waals surface area contributed by atoms with Crippen molar-refractivity contribution in [1.82, 2.24) is 4.90 Å². The fourth-order valence-corrected chi connectivity index (χ4v) is 4.54. The number of hydrogen-bond acceptors (Lipinski definition) is 3. The number of sulfone groups is 1. The molecule has 5 nitrogen and oxygen atoms in total. The quantitative estimate of drug-likeness (QED) is 0.880. The van der Waals surface area contributed by atoms with E-state index < -0.39 is 9.84 Å². The Labute approximate surface area is 127 Å². The van der Waals surface area contributed by atoms with Crippen molar-refractivity contribution >= 4 is 37.5 Å². The van der Waals surface area contributed by atoms with E-state index in [1.165, 1.54) is 4.90 Å². The van der Waals surface area contributed by atoms with Gasteiger partial charge in [-0.15, -0.1) is 0 Å². The number of anilines is 1. The summed E-state index contributed by atoms with van der Waals surface area (Å²) in [5.74, 6) is 0.204. The predicted molar refractivity (Wildman–Crippen MR) is 82.7 cm³/mol. The number of nitrogens with zero attached hydrogens (tertiary/aromatic N) is 1. The third-order valence-corrected chi connectivity index (χ3v) is 5.85. The number of carbonyl (C=O) groups excluding carboxylic acids is 1. The van der Waals surface area contributed by atoms with Gasteiger partial charge in [-0.1, -0.05) is 6.07 Å². The number of urea groups is 1. The fourth-order valence-electron chi connectivity index (χ4n) is 2.17. The van der Waals surface area contributed by atoms with E-state index in [0.717, 1.165) is 10.0 Å². The first-order chi connectivity index (χ1) is 9.28. The van der Waals surface area contributed by atoms with Gasteiger partial charge in [-0.3, -0.25) is 0 Å². The van der Waals surface area contributed by atoms with Crippen molar-refractivity contribution < 1.29 is 13.2 Å². The van der Waals surface area contributed by atoms with Gasteiger partial charge >= 0.3 is 6.03 Å². The SMILES string of the molecule is Cc1ccc(NC(=O)N(C)C2CCS(=O)(=O)C2)c(Br)c1. The molecular weight excluding hydrogens is 344 g/mol. The van der Waals surface area contributed by atoms with Gasteiger partial charge in [-0.25, -0.2) is 13.2 Å². The summed E-state index contributed by atoms with van der Waals surface area (Å²) in [4.78, 5) is 13.6. The molecule has 20 heavy (non-hydrogen) atoms.